The number of halogens is 1. The van der Waals surface area contributed by atoms with E-state index in [1.54, 1.807) is 29.4 Å². The first kappa shape index (κ1) is 20.4. The second-order valence-electron chi connectivity index (χ2n) is 8.12. The number of sulfone groups is 1. The molecule has 162 valence electrons. The Morgan fingerprint density at radius 2 is 1.77 bits per heavy atom. The highest BCUT2D eigenvalue weighted by Gasteiger charge is 2.29. The molecule has 0 aromatic carbocycles. The van der Waals surface area contributed by atoms with Gasteiger partial charge in [0.05, 0.1) is 40.7 Å². The lowest BCUT2D eigenvalue weighted by molar-refractivity contribution is 0.587. The molecule has 0 aliphatic heterocycles. The van der Waals surface area contributed by atoms with Crippen LogP contribution in [0.2, 0.25) is 0 Å². The lowest BCUT2D eigenvalue weighted by Gasteiger charge is -2.12. The van der Waals surface area contributed by atoms with E-state index in [1.165, 1.54) is 6.26 Å². The average molecular weight is 504 g/mol. The van der Waals surface area contributed by atoms with Crippen LogP contribution in [0.4, 0.5) is 0 Å². The van der Waals surface area contributed by atoms with Gasteiger partial charge in [-0.15, -0.1) is 0 Å². The van der Waals surface area contributed by atoms with Gasteiger partial charge < -0.3 is 4.57 Å². The number of hydrogen-bond acceptors (Lipinski definition) is 5. The van der Waals surface area contributed by atoms with Gasteiger partial charge in [0.25, 0.3) is 0 Å². The fraction of sp³-hybridized carbons (Fsp3) is 0.381. The summed E-state index contributed by atoms with van der Waals surface area (Å²) in [5, 5.41) is 0.939. The van der Waals surface area contributed by atoms with Gasteiger partial charge in [0, 0.05) is 47.3 Å². The zero-order valence-electron chi connectivity index (χ0n) is 17.0. The molecule has 0 atom stereocenters. The SMILES string of the molecule is CS(=O)(=O)CCCn1c(Cn2c(=O)n(C3CC3)c3ccncc32)c(Br)c2cnccc21. The largest absolute Gasteiger partial charge is 0.342 e. The maximum Gasteiger partial charge on any atom is 0.329 e. The Morgan fingerprint density at radius 1 is 1.06 bits per heavy atom. The van der Waals surface area contributed by atoms with Crippen molar-refractivity contribution in [3.05, 3.63) is 57.6 Å². The highest BCUT2D eigenvalue weighted by atomic mass is 79.9. The number of pyridine rings is 2. The molecule has 0 spiro atoms. The molecule has 1 saturated carbocycles. The van der Waals surface area contributed by atoms with Gasteiger partial charge in [0.2, 0.25) is 0 Å². The monoisotopic (exact) mass is 503 g/mol. The van der Waals surface area contributed by atoms with Gasteiger partial charge >= 0.3 is 5.69 Å². The average Bonchev–Trinajstić information content (AvgIpc) is 3.48. The van der Waals surface area contributed by atoms with Crippen molar-refractivity contribution in [1.82, 2.24) is 23.7 Å². The number of aryl methyl sites for hydroxylation is 1. The number of hydrogen-bond donors (Lipinski definition) is 0. The van der Waals surface area contributed by atoms with Gasteiger partial charge in [0.1, 0.15) is 9.84 Å². The van der Waals surface area contributed by atoms with Crippen molar-refractivity contribution in [2.45, 2.75) is 38.4 Å². The van der Waals surface area contributed by atoms with Gasteiger partial charge in [-0.2, -0.15) is 0 Å². The maximum atomic E-state index is 13.3. The van der Waals surface area contributed by atoms with Gasteiger partial charge in [0.15, 0.2) is 0 Å². The molecular weight excluding hydrogens is 482 g/mol. The Bertz CT molecular complexity index is 1460. The summed E-state index contributed by atoms with van der Waals surface area (Å²) in [6.45, 7) is 0.887. The van der Waals surface area contributed by atoms with Crippen molar-refractivity contribution >= 4 is 47.7 Å². The predicted octanol–water partition coefficient (Wildman–Crippen LogP) is 3.13. The predicted molar refractivity (Wildman–Crippen MR) is 123 cm³/mol. The van der Waals surface area contributed by atoms with E-state index in [9.17, 15) is 13.2 Å². The molecule has 0 bridgehead atoms. The molecule has 0 N–H and O–H groups in total. The summed E-state index contributed by atoms with van der Waals surface area (Å²) in [5.74, 6) is 0.111. The number of imidazole rings is 1. The van der Waals surface area contributed by atoms with Crippen molar-refractivity contribution in [2.75, 3.05) is 12.0 Å². The molecule has 1 aliphatic carbocycles. The Hall–Kier alpha value is -2.46. The zero-order chi connectivity index (χ0) is 21.8. The van der Waals surface area contributed by atoms with Gasteiger partial charge in [-0.25, -0.2) is 13.2 Å². The third-order valence-corrected chi connectivity index (χ3v) is 7.70. The van der Waals surface area contributed by atoms with E-state index in [-0.39, 0.29) is 17.5 Å². The lowest BCUT2D eigenvalue weighted by Crippen LogP contribution is -2.25. The summed E-state index contributed by atoms with van der Waals surface area (Å²) in [7, 11) is -3.05. The van der Waals surface area contributed by atoms with Crippen LogP contribution in [0.25, 0.3) is 21.9 Å². The van der Waals surface area contributed by atoms with Crippen molar-refractivity contribution in [2.24, 2.45) is 0 Å². The van der Waals surface area contributed by atoms with E-state index in [4.69, 9.17) is 0 Å². The van der Waals surface area contributed by atoms with E-state index in [0.29, 0.717) is 19.5 Å². The molecule has 10 heteroatoms. The topological polar surface area (TPSA) is 91.8 Å². The molecule has 1 aliphatic rings. The molecule has 0 amide bonds. The molecular formula is C21H22BrN5O3S. The summed E-state index contributed by atoms with van der Waals surface area (Å²) in [5.41, 5.74) is 3.54. The zero-order valence-corrected chi connectivity index (χ0v) is 19.4. The van der Waals surface area contributed by atoms with Crippen molar-refractivity contribution in [1.29, 1.82) is 0 Å². The summed E-state index contributed by atoms with van der Waals surface area (Å²) >= 11 is 3.71. The molecule has 5 rings (SSSR count). The van der Waals surface area contributed by atoms with E-state index in [0.717, 1.165) is 44.9 Å². The molecule has 4 aromatic heterocycles. The minimum atomic E-state index is -3.05. The summed E-state index contributed by atoms with van der Waals surface area (Å²) < 4.78 is 29.9. The molecule has 8 nitrogen and oxygen atoms in total. The van der Waals surface area contributed by atoms with Gasteiger partial charge in [-0.1, -0.05) is 0 Å². The molecule has 4 heterocycles. The smallest absolute Gasteiger partial charge is 0.329 e. The van der Waals surface area contributed by atoms with Crippen molar-refractivity contribution < 1.29 is 8.42 Å². The number of rotatable bonds is 7. The Morgan fingerprint density at radius 3 is 2.48 bits per heavy atom. The molecule has 4 aromatic rings. The van der Waals surface area contributed by atoms with Crippen LogP contribution in [0.5, 0.6) is 0 Å². The fourth-order valence-electron chi connectivity index (χ4n) is 4.22. The van der Waals surface area contributed by atoms with Crippen molar-refractivity contribution in [3.63, 3.8) is 0 Å². The summed E-state index contributed by atoms with van der Waals surface area (Å²) in [6, 6.07) is 4.07. The Labute approximate surface area is 187 Å². The lowest BCUT2D eigenvalue weighted by atomic mass is 10.3. The molecule has 31 heavy (non-hydrogen) atoms. The third kappa shape index (κ3) is 3.71. The normalized spacial score (nSPS) is 14.6. The Balaban J connectivity index is 1.63. The third-order valence-electron chi connectivity index (χ3n) is 5.79. The standard InChI is InChI=1S/C21H22BrN5O3S/c1-31(29,30)10-2-9-25-16-5-7-23-11-15(16)20(22)19(25)13-26-18-12-24-8-6-17(18)27(21(26)28)14-3-4-14/h5-8,11-12,14H,2-4,9-10,13H2,1H3. The van der Waals surface area contributed by atoms with E-state index >= 15 is 0 Å². The molecule has 0 unspecified atom stereocenters. The van der Waals surface area contributed by atoms with E-state index in [2.05, 4.69) is 30.5 Å². The van der Waals surface area contributed by atoms with Crippen LogP contribution in [-0.2, 0) is 22.9 Å². The van der Waals surface area contributed by atoms with Gasteiger partial charge in [-0.3, -0.25) is 19.1 Å². The van der Waals surface area contributed by atoms with Crippen LogP contribution in [-0.4, -0.2) is 44.1 Å². The molecule has 0 radical (unpaired) electrons. The van der Waals surface area contributed by atoms with Crippen LogP contribution in [0, 0.1) is 0 Å². The highest BCUT2D eigenvalue weighted by Crippen LogP contribution is 2.36. The van der Waals surface area contributed by atoms with Crippen LogP contribution in [0.3, 0.4) is 0 Å². The number of aromatic nitrogens is 5. The summed E-state index contributed by atoms with van der Waals surface area (Å²) in [4.78, 5) is 21.8. The fourth-order valence-corrected chi connectivity index (χ4v) is 5.52. The highest BCUT2D eigenvalue weighted by molar-refractivity contribution is 9.10. The molecule has 0 saturated heterocycles. The van der Waals surface area contributed by atoms with Crippen LogP contribution < -0.4 is 5.69 Å². The van der Waals surface area contributed by atoms with Crippen molar-refractivity contribution in [3.8, 4) is 0 Å². The minimum Gasteiger partial charge on any atom is -0.342 e. The quantitative estimate of drug-likeness (QED) is 0.386. The number of nitrogens with zero attached hydrogens (tertiary/aromatic N) is 5. The molecule has 1 fully saturated rings. The van der Waals surface area contributed by atoms with Crippen LogP contribution >= 0.6 is 15.9 Å². The second-order valence-corrected chi connectivity index (χ2v) is 11.2. The van der Waals surface area contributed by atoms with Gasteiger partial charge in [-0.05, 0) is 47.3 Å². The first-order valence-electron chi connectivity index (χ1n) is 10.2. The maximum absolute atomic E-state index is 13.3. The first-order valence-corrected chi connectivity index (χ1v) is 13.0. The van der Waals surface area contributed by atoms with Crippen LogP contribution in [0.15, 0.2) is 46.2 Å². The minimum absolute atomic E-state index is 0.0385. The van der Waals surface area contributed by atoms with Crippen LogP contribution in [0.1, 0.15) is 31.0 Å². The first-order chi connectivity index (χ1) is 14.8. The number of fused-ring (bicyclic) bond motifs is 2. The van der Waals surface area contributed by atoms with E-state index < -0.39 is 9.84 Å². The Kier molecular flexibility index (Phi) is 5.01. The van der Waals surface area contributed by atoms with E-state index in [1.807, 2.05) is 16.7 Å². The second kappa shape index (κ2) is 7.59. The summed E-state index contributed by atoms with van der Waals surface area (Å²) in [6.07, 6.45) is 10.7.